The van der Waals surface area contributed by atoms with Gasteiger partial charge in [-0.15, -0.1) is 11.3 Å². The summed E-state index contributed by atoms with van der Waals surface area (Å²) in [5.41, 5.74) is 9.44. The van der Waals surface area contributed by atoms with E-state index in [-0.39, 0.29) is 6.04 Å². The first-order valence-electron chi connectivity index (χ1n) is 5.41. The highest BCUT2D eigenvalue weighted by molar-refractivity contribution is 7.20. The lowest BCUT2D eigenvalue weighted by molar-refractivity contribution is 0.875. The predicted octanol–water partition coefficient (Wildman–Crippen LogP) is 4.67. The molecule has 0 aliphatic carbocycles. The molecule has 2 N–H and O–H groups in total. The zero-order valence-corrected chi connectivity index (χ0v) is 11.7. The molecular weight excluding hydrogens is 273 g/mol. The van der Waals surface area contributed by atoms with Gasteiger partial charge in [-0.3, -0.25) is 0 Å². The van der Waals surface area contributed by atoms with Crippen molar-refractivity contribution >= 4 is 34.5 Å². The van der Waals surface area contributed by atoms with E-state index >= 15 is 0 Å². The number of nitrogens with two attached hydrogens (primary N) is 1. The van der Waals surface area contributed by atoms with E-state index in [9.17, 15) is 0 Å². The molecule has 0 saturated carbocycles. The molecule has 4 heteroatoms. The third kappa shape index (κ3) is 2.83. The van der Waals surface area contributed by atoms with Gasteiger partial charge in [-0.2, -0.15) is 0 Å². The molecule has 1 heterocycles. The lowest BCUT2D eigenvalue weighted by atomic mass is 10.0. The summed E-state index contributed by atoms with van der Waals surface area (Å²) in [7, 11) is 0. The summed E-state index contributed by atoms with van der Waals surface area (Å²) in [5.74, 6) is 0. The first-order valence-corrected chi connectivity index (χ1v) is 6.98. The van der Waals surface area contributed by atoms with E-state index in [1.807, 2.05) is 18.2 Å². The quantitative estimate of drug-likeness (QED) is 0.872. The molecule has 0 amide bonds. The van der Waals surface area contributed by atoms with E-state index in [2.05, 4.69) is 19.1 Å². The molecule has 0 radical (unpaired) electrons. The van der Waals surface area contributed by atoms with Crippen molar-refractivity contribution < 1.29 is 0 Å². The molecule has 1 atom stereocenters. The van der Waals surface area contributed by atoms with Crippen molar-refractivity contribution in [3.05, 3.63) is 55.7 Å². The average Bonchev–Trinajstić information content (AvgIpc) is 2.68. The lowest BCUT2D eigenvalue weighted by Gasteiger charge is -2.11. The molecule has 1 nitrogen and oxygen atoms in total. The van der Waals surface area contributed by atoms with E-state index in [1.165, 1.54) is 16.9 Å². The Bertz CT molecular complexity index is 505. The number of hydrogen-bond acceptors (Lipinski definition) is 2. The Hall–Kier alpha value is -0.540. The number of rotatable bonds is 3. The molecule has 2 rings (SSSR count). The Labute approximate surface area is 115 Å². The van der Waals surface area contributed by atoms with E-state index < -0.39 is 0 Å². The third-order valence-corrected chi connectivity index (χ3v) is 4.28. The summed E-state index contributed by atoms with van der Waals surface area (Å²) >= 11 is 13.4. The van der Waals surface area contributed by atoms with Gasteiger partial charge in [-0.1, -0.05) is 54.4 Å². The maximum atomic E-state index is 6.19. The second kappa shape index (κ2) is 5.40. The van der Waals surface area contributed by atoms with Crippen LogP contribution in [0.5, 0.6) is 0 Å². The second-order valence-corrected chi connectivity index (χ2v) is 6.14. The molecule has 90 valence electrons. The van der Waals surface area contributed by atoms with E-state index in [0.717, 1.165) is 17.5 Å². The van der Waals surface area contributed by atoms with Crippen LogP contribution in [-0.4, -0.2) is 0 Å². The lowest BCUT2D eigenvalue weighted by Crippen LogP contribution is -2.11. The normalized spacial score (nSPS) is 12.7. The summed E-state index contributed by atoms with van der Waals surface area (Å²) in [4.78, 5) is 0. The van der Waals surface area contributed by atoms with Crippen LogP contribution in [0, 0.1) is 0 Å². The van der Waals surface area contributed by atoms with Crippen LogP contribution >= 0.6 is 34.5 Å². The van der Waals surface area contributed by atoms with Crippen LogP contribution in [0.15, 0.2) is 30.3 Å². The monoisotopic (exact) mass is 285 g/mol. The minimum Gasteiger partial charge on any atom is -0.320 e. The topological polar surface area (TPSA) is 26.0 Å². The van der Waals surface area contributed by atoms with Crippen LogP contribution in [0.25, 0.3) is 0 Å². The Morgan fingerprint density at radius 2 is 1.88 bits per heavy atom. The molecule has 0 fully saturated rings. The van der Waals surface area contributed by atoms with Crippen LogP contribution in [0.1, 0.15) is 29.7 Å². The Morgan fingerprint density at radius 3 is 2.35 bits per heavy atom. The zero-order valence-electron chi connectivity index (χ0n) is 9.41. The van der Waals surface area contributed by atoms with E-state index in [4.69, 9.17) is 28.9 Å². The SMILES string of the molecule is CCc1ccc(C(N)c2cc(Cl)sc2Cl)cc1. The molecule has 1 aromatic carbocycles. The number of benzene rings is 1. The summed E-state index contributed by atoms with van der Waals surface area (Å²) in [5, 5.41) is 0. The summed E-state index contributed by atoms with van der Waals surface area (Å²) in [6.07, 6.45) is 1.03. The van der Waals surface area contributed by atoms with Crippen molar-refractivity contribution in [2.45, 2.75) is 19.4 Å². The molecule has 0 bridgehead atoms. The van der Waals surface area contributed by atoms with E-state index in [0.29, 0.717) is 8.67 Å². The molecular formula is C13H13Cl2NS. The molecule has 2 aromatic rings. The van der Waals surface area contributed by atoms with Crippen LogP contribution in [0.2, 0.25) is 8.67 Å². The fourth-order valence-corrected chi connectivity index (χ4v) is 3.26. The average molecular weight is 286 g/mol. The van der Waals surface area contributed by atoms with Crippen molar-refractivity contribution in [3.8, 4) is 0 Å². The number of aryl methyl sites for hydroxylation is 1. The fourth-order valence-electron chi connectivity index (χ4n) is 1.71. The first-order chi connectivity index (χ1) is 8.11. The van der Waals surface area contributed by atoms with Gasteiger partial charge in [0.25, 0.3) is 0 Å². The van der Waals surface area contributed by atoms with Crippen molar-refractivity contribution in [1.29, 1.82) is 0 Å². The highest BCUT2D eigenvalue weighted by atomic mass is 35.5. The molecule has 17 heavy (non-hydrogen) atoms. The maximum absolute atomic E-state index is 6.19. The van der Waals surface area contributed by atoms with Crippen LogP contribution in [0.4, 0.5) is 0 Å². The highest BCUT2D eigenvalue weighted by Crippen LogP contribution is 2.36. The van der Waals surface area contributed by atoms with Crippen LogP contribution in [0.3, 0.4) is 0 Å². The fraction of sp³-hybridized carbons (Fsp3) is 0.231. The van der Waals surface area contributed by atoms with Gasteiger partial charge in [-0.25, -0.2) is 0 Å². The van der Waals surface area contributed by atoms with Gasteiger partial charge in [0.15, 0.2) is 0 Å². The standard InChI is InChI=1S/C13H13Cl2NS/c1-2-8-3-5-9(6-4-8)12(16)10-7-11(14)17-13(10)15/h3-7,12H,2,16H2,1H3. The number of halogens is 2. The summed E-state index contributed by atoms with van der Waals surface area (Å²) in [6.45, 7) is 2.13. The van der Waals surface area contributed by atoms with Gasteiger partial charge in [0.1, 0.15) is 0 Å². The van der Waals surface area contributed by atoms with Gasteiger partial charge in [-0.05, 0) is 23.6 Å². The molecule has 0 aliphatic rings. The molecule has 0 aliphatic heterocycles. The number of hydrogen-bond donors (Lipinski definition) is 1. The van der Waals surface area contributed by atoms with Crippen molar-refractivity contribution in [3.63, 3.8) is 0 Å². The van der Waals surface area contributed by atoms with Gasteiger partial charge in [0.2, 0.25) is 0 Å². The summed E-state index contributed by atoms with van der Waals surface area (Å²) in [6, 6.07) is 9.91. The van der Waals surface area contributed by atoms with Crippen molar-refractivity contribution in [1.82, 2.24) is 0 Å². The zero-order chi connectivity index (χ0) is 12.4. The molecule has 1 unspecified atom stereocenters. The van der Waals surface area contributed by atoms with Crippen molar-refractivity contribution in [2.75, 3.05) is 0 Å². The first kappa shape index (κ1) is 12.9. The van der Waals surface area contributed by atoms with Gasteiger partial charge in [0.05, 0.1) is 14.7 Å². The van der Waals surface area contributed by atoms with Gasteiger partial charge < -0.3 is 5.73 Å². The smallest absolute Gasteiger partial charge is 0.0995 e. The van der Waals surface area contributed by atoms with Gasteiger partial charge >= 0.3 is 0 Å². The van der Waals surface area contributed by atoms with Crippen LogP contribution < -0.4 is 5.73 Å². The van der Waals surface area contributed by atoms with Crippen molar-refractivity contribution in [2.24, 2.45) is 5.73 Å². The highest BCUT2D eigenvalue weighted by Gasteiger charge is 2.15. The molecule has 0 spiro atoms. The maximum Gasteiger partial charge on any atom is 0.0995 e. The molecule has 0 saturated heterocycles. The molecule has 1 aromatic heterocycles. The minimum absolute atomic E-state index is 0.211. The predicted molar refractivity (Wildman–Crippen MR) is 76.2 cm³/mol. The van der Waals surface area contributed by atoms with Gasteiger partial charge in [0, 0.05) is 5.56 Å². The summed E-state index contributed by atoms with van der Waals surface area (Å²) < 4.78 is 1.34. The largest absolute Gasteiger partial charge is 0.320 e. The second-order valence-electron chi connectivity index (χ2n) is 3.85. The third-order valence-electron chi connectivity index (χ3n) is 2.77. The Kier molecular flexibility index (Phi) is 4.10. The van der Waals surface area contributed by atoms with Crippen LogP contribution in [-0.2, 0) is 6.42 Å². The number of thiophene rings is 1. The Morgan fingerprint density at radius 1 is 1.24 bits per heavy atom. The Balaban J connectivity index is 2.30. The van der Waals surface area contributed by atoms with E-state index in [1.54, 1.807) is 0 Å². The minimum atomic E-state index is -0.211.